The molecular weight excluding hydrogens is 350 g/mol. The average Bonchev–Trinajstić information content (AvgIpc) is 2.59. The van der Waals surface area contributed by atoms with Crippen LogP contribution in [0.25, 0.3) is 0 Å². The number of carbonyl (C=O) groups is 1. The van der Waals surface area contributed by atoms with E-state index in [-0.39, 0.29) is 29.6 Å². The summed E-state index contributed by atoms with van der Waals surface area (Å²) >= 11 is 0. The number of aryl methyl sites for hydroxylation is 1. The molecule has 0 spiro atoms. The third-order valence-electron chi connectivity index (χ3n) is 5.01. The molecule has 1 N–H and O–H groups in total. The van der Waals surface area contributed by atoms with Gasteiger partial charge in [-0.05, 0) is 43.9 Å². The van der Waals surface area contributed by atoms with Crippen LogP contribution in [0, 0.1) is 6.92 Å². The second-order valence-electron chi connectivity index (χ2n) is 9.26. The fourth-order valence-electron chi connectivity index (χ4n) is 3.69. The van der Waals surface area contributed by atoms with E-state index in [1.807, 2.05) is 57.2 Å². The second kappa shape index (κ2) is 7.50. The number of hydrogen-bond donors (Lipinski definition) is 1. The van der Waals surface area contributed by atoms with Crippen molar-refractivity contribution in [2.75, 3.05) is 6.61 Å². The fourth-order valence-corrected chi connectivity index (χ4v) is 3.69. The van der Waals surface area contributed by atoms with Crippen LogP contribution >= 0.6 is 0 Å². The molecule has 0 aliphatic carbocycles. The summed E-state index contributed by atoms with van der Waals surface area (Å²) in [5.74, 6) is 1.47. The van der Waals surface area contributed by atoms with E-state index in [0.717, 1.165) is 28.2 Å². The first kappa shape index (κ1) is 20.2. The topological polar surface area (TPSA) is 47.6 Å². The van der Waals surface area contributed by atoms with Crippen molar-refractivity contribution in [1.29, 1.82) is 0 Å². The van der Waals surface area contributed by atoms with E-state index in [4.69, 9.17) is 9.47 Å². The molecule has 4 heteroatoms. The molecule has 0 saturated carbocycles. The smallest absolute Gasteiger partial charge is 0.258 e. The van der Waals surface area contributed by atoms with E-state index >= 15 is 0 Å². The molecule has 0 bridgehead atoms. The molecule has 0 saturated heterocycles. The Kier molecular flexibility index (Phi) is 5.42. The van der Waals surface area contributed by atoms with Gasteiger partial charge in [-0.2, -0.15) is 0 Å². The van der Waals surface area contributed by atoms with Crippen LogP contribution in [0.15, 0.2) is 42.5 Å². The van der Waals surface area contributed by atoms with Crippen LogP contribution in [0.2, 0.25) is 0 Å². The first-order valence-electron chi connectivity index (χ1n) is 9.86. The highest BCUT2D eigenvalue weighted by Crippen LogP contribution is 2.40. The van der Waals surface area contributed by atoms with Gasteiger partial charge in [-0.25, -0.2) is 0 Å². The van der Waals surface area contributed by atoms with Crippen LogP contribution in [0.4, 0.5) is 0 Å². The predicted octanol–water partition coefficient (Wildman–Crippen LogP) is 5.09. The van der Waals surface area contributed by atoms with Crippen molar-refractivity contribution in [2.24, 2.45) is 0 Å². The summed E-state index contributed by atoms with van der Waals surface area (Å²) in [4.78, 5) is 12.7. The van der Waals surface area contributed by atoms with Crippen molar-refractivity contribution >= 4 is 5.91 Å². The zero-order valence-corrected chi connectivity index (χ0v) is 17.8. The standard InChI is InChI=1S/C24H31NO3/c1-16-11-12-20-17(13-16)19(14-24(5,6)28-20)25-22(26)15-27-21-10-8-7-9-18(21)23(2,3)4/h7-13,19H,14-15H2,1-6H3,(H,25,26)/t19-/m1/s1. The molecule has 0 aromatic heterocycles. The summed E-state index contributed by atoms with van der Waals surface area (Å²) in [5.41, 5.74) is 2.89. The molecule has 1 amide bonds. The molecule has 0 unspecified atom stereocenters. The van der Waals surface area contributed by atoms with Crippen molar-refractivity contribution in [2.45, 2.75) is 65.0 Å². The highest BCUT2D eigenvalue weighted by Gasteiger charge is 2.34. The molecule has 150 valence electrons. The van der Waals surface area contributed by atoms with Crippen LogP contribution < -0.4 is 14.8 Å². The number of fused-ring (bicyclic) bond motifs is 1. The lowest BCUT2D eigenvalue weighted by Gasteiger charge is -2.38. The van der Waals surface area contributed by atoms with Crippen molar-refractivity contribution in [3.63, 3.8) is 0 Å². The third kappa shape index (κ3) is 4.67. The van der Waals surface area contributed by atoms with Crippen LogP contribution in [0.5, 0.6) is 11.5 Å². The largest absolute Gasteiger partial charge is 0.487 e. The minimum Gasteiger partial charge on any atom is -0.487 e. The number of carbonyl (C=O) groups excluding carboxylic acids is 1. The van der Waals surface area contributed by atoms with E-state index in [1.165, 1.54) is 0 Å². The number of nitrogens with one attached hydrogen (secondary N) is 1. The lowest BCUT2D eigenvalue weighted by atomic mass is 9.86. The molecule has 1 atom stereocenters. The summed E-state index contributed by atoms with van der Waals surface area (Å²) in [5, 5.41) is 3.14. The minimum atomic E-state index is -0.333. The highest BCUT2D eigenvalue weighted by atomic mass is 16.5. The number of amides is 1. The van der Waals surface area contributed by atoms with Gasteiger partial charge in [-0.15, -0.1) is 0 Å². The minimum absolute atomic E-state index is 0.00791. The fraction of sp³-hybridized carbons (Fsp3) is 0.458. The maximum atomic E-state index is 12.7. The average molecular weight is 382 g/mol. The molecule has 1 heterocycles. The third-order valence-corrected chi connectivity index (χ3v) is 5.01. The van der Waals surface area contributed by atoms with Crippen molar-refractivity contribution in [3.05, 3.63) is 59.2 Å². The zero-order chi connectivity index (χ0) is 20.5. The molecule has 2 aromatic carbocycles. The summed E-state index contributed by atoms with van der Waals surface area (Å²) in [6.07, 6.45) is 0.716. The number of rotatable bonds is 4. The molecular formula is C24H31NO3. The Labute approximate surface area is 168 Å². The van der Waals surface area contributed by atoms with Gasteiger partial charge in [0, 0.05) is 12.0 Å². The van der Waals surface area contributed by atoms with Crippen molar-refractivity contribution < 1.29 is 14.3 Å². The van der Waals surface area contributed by atoms with Gasteiger partial charge < -0.3 is 14.8 Å². The monoisotopic (exact) mass is 381 g/mol. The van der Waals surface area contributed by atoms with Crippen molar-refractivity contribution in [3.8, 4) is 11.5 Å². The summed E-state index contributed by atoms with van der Waals surface area (Å²) in [6, 6.07) is 13.9. The maximum absolute atomic E-state index is 12.7. The van der Waals surface area contributed by atoms with E-state index < -0.39 is 0 Å². The second-order valence-corrected chi connectivity index (χ2v) is 9.26. The molecule has 1 aliphatic heterocycles. The van der Waals surface area contributed by atoms with Crippen LogP contribution in [-0.2, 0) is 10.2 Å². The molecule has 2 aromatic rings. The Hall–Kier alpha value is -2.49. The molecule has 3 rings (SSSR count). The predicted molar refractivity (Wildman–Crippen MR) is 112 cm³/mol. The molecule has 1 aliphatic rings. The van der Waals surface area contributed by atoms with Crippen LogP contribution in [0.1, 0.15) is 63.8 Å². The van der Waals surface area contributed by atoms with Gasteiger partial charge in [0.05, 0.1) is 6.04 Å². The number of benzene rings is 2. The molecule has 0 fully saturated rings. The van der Waals surface area contributed by atoms with E-state index in [2.05, 4.69) is 32.2 Å². The van der Waals surface area contributed by atoms with E-state index in [9.17, 15) is 4.79 Å². The SMILES string of the molecule is Cc1ccc2c(c1)[C@H](NC(=O)COc1ccccc1C(C)(C)C)CC(C)(C)O2. The lowest BCUT2D eigenvalue weighted by molar-refractivity contribution is -0.124. The highest BCUT2D eigenvalue weighted by molar-refractivity contribution is 5.78. The van der Waals surface area contributed by atoms with Gasteiger partial charge in [-0.3, -0.25) is 4.79 Å². The number of para-hydroxylation sites is 1. The Morgan fingerprint density at radius 2 is 1.93 bits per heavy atom. The first-order chi connectivity index (χ1) is 13.0. The molecule has 4 nitrogen and oxygen atoms in total. The summed E-state index contributed by atoms with van der Waals surface area (Å²) in [6.45, 7) is 12.5. The number of hydrogen-bond acceptors (Lipinski definition) is 3. The first-order valence-corrected chi connectivity index (χ1v) is 9.86. The van der Waals surface area contributed by atoms with Gasteiger partial charge >= 0.3 is 0 Å². The maximum Gasteiger partial charge on any atom is 0.258 e. The van der Waals surface area contributed by atoms with Gasteiger partial charge in [0.1, 0.15) is 17.1 Å². The Balaban J connectivity index is 1.72. The van der Waals surface area contributed by atoms with Gasteiger partial charge in [-0.1, -0.05) is 56.7 Å². The Bertz CT molecular complexity index is 864. The Morgan fingerprint density at radius 3 is 2.64 bits per heavy atom. The summed E-state index contributed by atoms with van der Waals surface area (Å²) in [7, 11) is 0. The summed E-state index contributed by atoms with van der Waals surface area (Å²) < 4.78 is 12.0. The van der Waals surface area contributed by atoms with E-state index in [1.54, 1.807) is 0 Å². The van der Waals surface area contributed by atoms with Crippen LogP contribution in [0.3, 0.4) is 0 Å². The quantitative estimate of drug-likeness (QED) is 0.802. The number of ether oxygens (including phenoxy) is 2. The zero-order valence-electron chi connectivity index (χ0n) is 17.8. The van der Waals surface area contributed by atoms with E-state index in [0.29, 0.717) is 6.42 Å². The Morgan fingerprint density at radius 1 is 1.21 bits per heavy atom. The van der Waals surface area contributed by atoms with Gasteiger partial charge in [0.15, 0.2) is 6.61 Å². The molecule has 0 radical (unpaired) electrons. The van der Waals surface area contributed by atoms with Crippen LogP contribution in [-0.4, -0.2) is 18.1 Å². The van der Waals surface area contributed by atoms with Crippen molar-refractivity contribution in [1.82, 2.24) is 5.32 Å². The van der Waals surface area contributed by atoms with Gasteiger partial charge in [0.2, 0.25) is 0 Å². The normalized spacial score (nSPS) is 18.0. The molecule has 28 heavy (non-hydrogen) atoms. The lowest BCUT2D eigenvalue weighted by Crippen LogP contribution is -2.42. The van der Waals surface area contributed by atoms with Gasteiger partial charge in [0.25, 0.3) is 5.91 Å².